The van der Waals surface area contributed by atoms with Crippen LogP contribution in [0, 0.1) is 0 Å². The second-order valence-corrected chi connectivity index (χ2v) is 10.8. The normalized spacial score (nSPS) is 17.3. The fourth-order valence-corrected chi connectivity index (χ4v) is 7.24. The van der Waals surface area contributed by atoms with Crippen molar-refractivity contribution in [1.82, 2.24) is 14.1 Å². The van der Waals surface area contributed by atoms with Gasteiger partial charge in [0.25, 0.3) is 0 Å². The van der Waals surface area contributed by atoms with Crippen molar-refractivity contribution >= 4 is 32.6 Å². The van der Waals surface area contributed by atoms with Crippen LogP contribution in [0.15, 0.2) is 140 Å². The average Bonchev–Trinajstić information content (AvgIpc) is 3.56. The van der Waals surface area contributed by atoms with Gasteiger partial charge < -0.3 is 9.13 Å². The number of benzene rings is 4. The number of rotatable bonds is 2. The molecule has 0 fully saturated rings. The Morgan fingerprint density at radius 1 is 0.575 bits per heavy atom. The molecule has 188 valence electrons. The molecule has 9 rings (SSSR count). The van der Waals surface area contributed by atoms with Crippen molar-refractivity contribution in [3.8, 4) is 22.6 Å². The molecule has 0 bridgehead atoms. The van der Waals surface area contributed by atoms with Crippen molar-refractivity contribution in [3.63, 3.8) is 0 Å². The first-order valence-corrected chi connectivity index (χ1v) is 13.9. The van der Waals surface area contributed by atoms with Gasteiger partial charge in [0.05, 0.1) is 28.6 Å². The molecule has 0 spiro atoms. The first kappa shape index (κ1) is 21.7. The zero-order valence-electron chi connectivity index (χ0n) is 21.8. The Labute approximate surface area is 232 Å². The fraction of sp³-hybridized carbons (Fsp3) is 0.0541. The van der Waals surface area contributed by atoms with E-state index in [1.165, 1.54) is 60.8 Å². The topological polar surface area (TPSA) is 22.8 Å². The zero-order chi connectivity index (χ0) is 26.2. The third-order valence-electron chi connectivity index (χ3n) is 8.75. The molecule has 0 radical (unpaired) electrons. The summed E-state index contributed by atoms with van der Waals surface area (Å²) in [5.41, 5.74) is 10.1. The van der Waals surface area contributed by atoms with Crippen molar-refractivity contribution in [2.24, 2.45) is 0 Å². The zero-order valence-corrected chi connectivity index (χ0v) is 21.8. The van der Waals surface area contributed by atoms with Crippen LogP contribution in [-0.4, -0.2) is 14.1 Å². The van der Waals surface area contributed by atoms with Gasteiger partial charge in [-0.15, -0.1) is 0 Å². The van der Waals surface area contributed by atoms with Crippen LogP contribution in [0.5, 0.6) is 0 Å². The van der Waals surface area contributed by atoms with Gasteiger partial charge in [0.1, 0.15) is 0 Å². The molecular formula is C37H25N3. The van der Waals surface area contributed by atoms with Gasteiger partial charge in [0.2, 0.25) is 0 Å². The van der Waals surface area contributed by atoms with E-state index < -0.39 is 0 Å². The Bertz CT molecular complexity index is 2160. The molecule has 2 aliphatic rings. The van der Waals surface area contributed by atoms with Crippen molar-refractivity contribution in [2.45, 2.75) is 11.8 Å². The largest absolute Gasteiger partial charge is 0.311 e. The highest BCUT2D eigenvalue weighted by Crippen LogP contribution is 2.57. The molecule has 3 nitrogen and oxygen atoms in total. The molecule has 0 N–H and O–H groups in total. The molecule has 0 aliphatic heterocycles. The minimum Gasteiger partial charge on any atom is -0.311 e. The molecule has 3 heteroatoms. The van der Waals surface area contributed by atoms with Gasteiger partial charge in [0.15, 0.2) is 0 Å². The highest BCUT2D eigenvalue weighted by molar-refractivity contribution is 6.15. The van der Waals surface area contributed by atoms with E-state index >= 15 is 0 Å². The monoisotopic (exact) mass is 511 g/mol. The number of hydrogen-bond acceptors (Lipinski definition) is 1. The lowest BCUT2D eigenvalue weighted by molar-refractivity contribution is 0.688. The Balaban J connectivity index is 1.55. The Hall–Kier alpha value is -5.15. The van der Waals surface area contributed by atoms with Gasteiger partial charge in [-0.3, -0.25) is 4.98 Å². The second kappa shape index (κ2) is 8.17. The number of pyridine rings is 1. The standard InChI is InChI=1S/C37H25N3/c1-2-12-25(13-3-1)39-32-21-20-24-11-4-5-15-27(24)33(32)34-28-16-6-7-17-29(28)36-35(37(34)39)30-18-8-9-19-31(30)40(36)26-14-10-22-38-23-26/h1-23,28-29H. The van der Waals surface area contributed by atoms with E-state index in [9.17, 15) is 0 Å². The van der Waals surface area contributed by atoms with Gasteiger partial charge >= 0.3 is 0 Å². The fourth-order valence-electron chi connectivity index (χ4n) is 7.24. The maximum atomic E-state index is 4.52. The Kier molecular flexibility index (Phi) is 4.44. The van der Waals surface area contributed by atoms with E-state index in [-0.39, 0.29) is 11.8 Å². The Morgan fingerprint density at radius 3 is 2.17 bits per heavy atom. The quantitative estimate of drug-likeness (QED) is 0.227. The number of allylic oxidation sites excluding steroid dienone is 4. The molecule has 0 saturated heterocycles. The minimum atomic E-state index is 0.203. The molecule has 2 aliphatic carbocycles. The van der Waals surface area contributed by atoms with Crippen LogP contribution >= 0.6 is 0 Å². The summed E-state index contributed by atoms with van der Waals surface area (Å²) in [5.74, 6) is 0.416. The maximum absolute atomic E-state index is 4.52. The molecular weight excluding hydrogens is 486 g/mol. The van der Waals surface area contributed by atoms with E-state index in [0.29, 0.717) is 0 Å². The molecule has 2 unspecified atom stereocenters. The third-order valence-corrected chi connectivity index (χ3v) is 8.75. The molecule has 40 heavy (non-hydrogen) atoms. The highest BCUT2D eigenvalue weighted by atomic mass is 15.1. The highest BCUT2D eigenvalue weighted by Gasteiger charge is 2.41. The number of aromatic nitrogens is 3. The van der Waals surface area contributed by atoms with Gasteiger partial charge in [-0.2, -0.15) is 0 Å². The summed E-state index contributed by atoms with van der Waals surface area (Å²) in [6.07, 6.45) is 13.1. The van der Waals surface area contributed by atoms with Gasteiger partial charge in [-0.05, 0) is 52.7 Å². The van der Waals surface area contributed by atoms with Crippen LogP contribution in [-0.2, 0) is 0 Å². The lowest BCUT2D eigenvalue weighted by Gasteiger charge is -2.33. The predicted molar refractivity (Wildman–Crippen MR) is 165 cm³/mol. The van der Waals surface area contributed by atoms with Crippen LogP contribution in [0.1, 0.15) is 23.1 Å². The van der Waals surface area contributed by atoms with Crippen molar-refractivity contribution < 1.29 is 0 Å². The summed E-state index contributed by atoms with van der Waals surface area (Å²) in [5, 5.41) is 5.22. The van der Waals surface area contributed by atoms with Crippen LogP contribution in [0.4, 0.5) is 0 Å². The summed E-state index contributed by atoms with van der Waals surface area (Å²) < 4.78 is 4.96. The summed E-state index contributed by atoms with van der Waals surface area (Å²) in [6, 6.07) is 37.3. The van der Waals surface area contributed by atoms with Crippen LogP contribution in [0.25, 0.3) is 55.2 Å². The van der Waals surface area contributed by atoms with Gasteiger partial charge in [-0.25, -0.2) is 0 Å². The molecule has 0 amide bonds. The number of fused-ring (bicyclic) bond motifs is 12. The lowest BCUT2D eigenvalue weighted by atomic mass is 9.73. The molecule has 7 aromatic rings. The average molecular weight is 512 g/mol. The third kappa shape index (κ3) is 2.81. The van der Waals surface area contributed by atoms with Crippen molar-refractivity contribution in [3.05, 3.63) is 151 Å². The summed E-state index contributed by atoms with van der Waals surface area (Å²) in [4.78, 5) is 4.52. The van der Waals surface area contributed by atoms with Crippen LogP contribution in [0.3, 0.4) is 0 Å². The van der Waals surface area contributed by atoms with E-state index in [1.54, 1.807) is 0 Å². The Morgan fingerprint density at radius 2 is 1.32 bits per heavy atom. The van der Waals surface area contributed by atoms with Crippen LogP contribution in [0.2, 0.25) is 0 Å². The minimum absolute atomic E-state index is 0.203. The molecule has 3 heterocycles. The van der Waals surface area contributed by atoms with Gasteiger partial charge in [-0.1, -0.05) is 91.0 Å². The molecule has 3 aromatic heterocycles. The summed E-state index contributed by atoms with van der Waals surface area (Å²) in [7, 11) is 0. The summed E-state index contributed by atoms with van der Waals surface area (Å²) >= 11 is 0. The number of nitrogens with zero attached hydrogens (tertiary/aromatic N) is 3. The maximum Gasteiger partial charge on any atom is 0.0642 e. The molecule has 2 atom stereocenters. The van der Waals surface area contributed by atoms with Gasteiger partial charge in [0, 0.05) is 45.7 Å². The predicted octanol–water partition coefficient (Wildman–Crippen LogP) is 9.10. The lowest BCUT2D eigenvalue weighted by Crippen LogP contribution is -2.19. The first-order valence-electron chi connectivity index (χ1n) is 13.9. The smallest absolute Gasteiger partial charge is 0.0642 e. The first-order chi connectivity index (χ1) is 19.9. The second-order valence-electron chi connectivity index (χ2n) is 10.8. The molecule has 0 saturated carbocycles. The SMILES string of the molecule is C1=CC2c3c(n(-c4ccccc4)c4ccc5ccccc5c34)-c3c(n(-c4cccnc4)c4ccccc34)C2C=C1. The number of hydrogen-bond donors (Lipinski definition) is 0. The number of para-hydroxylation sites is 2. The van der Waals surface area contributed by atoms with E-state index in [4.69, 9.17) is 0 Å². The van der Waals surface area contributed by atoms with E-state index in [0.717, 1.165) is 5.69 Å². The van der Waals surface area contributed by atoms with Crippen molar-refractivity contribution in [2.75, 3.05) is 0 Å². The summed E-state index contributed by atoms with van der Waals surface area (Å²) in [6.45, 7) is 0. The van der Waals surface area contributed by atoms with E-state index in [1.807, 2.05) is 18.5 Å². The molecule has 4 aromatic carbocycles. The van der Waals surface area contributed by atoms with Crippen molar-refractivity contribution in [1.29, 1.82) is 0 Å². The van der Waals surface area contributed by atoms with E-state index in [2.05, 4.69) is 135 Å². The van der Waals surface area contributed by atoms with Crippen LogP contribution < -0.4 is 0 Å².